The first-order chi connectivity index (χ1) is 16.7. The van der Waals surface area contributed by atoms with Gasteiger partial charge >= 0.3 is 12.0 Å². The Labute approximate surface area is 201 Å². The summed E-state index contributed by atoms with van der Waals surface area (Å²) in [6, 6.07) is 17.5. The van der Waals surface area contributed by atoms with E-state index in [4.69, 9.17) is 9.84 Å². The molecule has 0 aliphatic carbocycles. The summed E-state index contributed by atoms with van der Waals surface area (Å²) in [6.45, 7) is 3.94. The molecular formula is C27H22N2O6. The maximum Gasteiger partial charge on any atom is 0.335 e. The molecule has 0 unspecified atom stereocenters. The highest BCUT2D eigenvalue weighted by atomic mass is 16.5. The fraction of sp³-hybridized carbons (Fsp3) is 0.111. The van der Waals surface area contributed by atoms with Crippen molar-refractivity contribution in [2.45, 2.75) is 20.5 Å². The fourth-order valence-electron chi connectivity index (χ4n) is 3.55. The molecule has 3 aromatic rings. The molecule has 0 aromatic heterocycles. The number of hydrogen-bond donors (Lipinski definition) is 2. The average molecular weight is 470 g/mol. The lowest BCUT2D eigenvalue weighted by Crippen LogP contribution is -2.54. The SMILES string of the molecule is Cc1ccc(N2C(=O)NC(=O)/C(=C\c3ccccc3OCc3ccc(C(=O)O)cc3)C2=O)cc1C. The summed E-state index contributed by atoms with van der Waals surface area (Å²) in [7, 11) is 0. The van der Waals surface area contributed by atoms with Gasteiger partial charge in [0.25, 0.3) is 11.8 Å². The van der Waals surface area contributed by atoms with Crippen LogP contribution in [-0.2, 0) is 16.2 Å². The second-order valence-electron chi connectivity index (χ2n) is 8.05. The van der Waals surface area contributed by atoms with Gasteiger partial charge < -0.3 is 9.84 Å². The Morgan fingerprint density at radius 1 is 0.971 bits per heavy atom. The molecule has 2 N–H and O–H groups in total. The number of amides is 4. The Kier molecular flexibility index (Phi) is 6.46. The van der Waals surface area contributed by atoms with Gasteiger partial charge in [-0.1, -0.05) is 36.4 Å². The van der Waals surface area contributed by atoms with E-state index in [2.05, 4.69) is 5.32 Å². The number of barbiturate groups is 1. The molecule has 0 radical (unpaired) electrons. The van der Waals surface area contributed by atoms with Crippen molar-refractivity contribution < 1.29 is 29.0 Å². The van der Waals surface area contributed by atoms with Crippen molar-refractivity contribution in [3.63, 3.8) is 0 Å². The van der Waals surface area contributed by atoms with Crippen molar-refractivity contribution in [3.05, 3.63) is 100 Å². The van der Waals surface area contributed by atoms with Crippen LogP contribution in [0.1, 0.15) is 32.6 Å². The molecule has 1 saturated heterocycles. The van der Waals surface area contributed by atoms with Crippen LogP contribution < -0.4 is 15.0 Å². The molecule has 1 aliphatic rings. The number of hydrogen-bond acceptors (Lipinski definition) is 5. The Bertz CT molecular complexity index is 1370. The quantitative estimate of drug-likeness (QED) is 0.411. The highest BCUT2D eigenvalue weighted by Gasteiger charge is 2.37. The van der Waals surface area contributed by atoms with E-state index in [9.17, 15) is 19.2 Å². The van der Waals surface area contributed by atoms with E-state index in [1.54, 1.807) is 54.6 Å². The number of ether oxygens (including phenoxy) is 1. The molecule has 0 bridgehead atoms. The van der Waals surface area contributed by atoms with Gasteiger partial charge in [0.15, 0.2) is 0 Å². The van der Waals surface area contributed by atoms with Gasteiger partial charge in [0, 0.05) is 5.56 Å². The van der Waals surface area contributed by atoms with Gasteiger partial charge in [0.2, 0.25) is 0 Å². The summed E-state index contributed by atoms with van der Waals surface area (Å²) in [5.41, 5.74) is 3.46. The van der Waals surface area contributed by atoms with Crippen molar-refractivity contribution in [1.82, 2.24) is 5.32 Å². The van der Waals surface area contributed by atoms with Crippen LogP contribution in [-0.4, -0.2) is 28.9 Å². The molecule has 1 heterocycles. The number of carbonyl (C=O) groups excluding carboxylic acids is 3. The van der Waals surface area contributed by atoms with E-state index in [1.807, 2.05) is 13.8 Å². The zero-order chi connectivity index (χ0) is 25.1. The number of anilines is 1. The Balaban J connectivity index is 1.61. The first-order valence-electron chi connectivity index (χ1n) is 10.8. The number of aryl methyl sites for hydroxylation is 2. The number of carbonyl (C=O) groups is 4. The van der Waals surface area contributed by atoms with Crippen LogP contribution in [0.15, 0.2) is 72.3 Å². The maximum atomic E-state index is 13.2. The molecule has 0 atom stereocenters. The molecule has 3 aromatic carbocycles. The lowest BCUT2D eigenvalue weighted by molar-refractivity contribution is -0.122. The zero-order valence-electron chi connectivity index (χ0n) is 19.1. The zero-order valence-corrected chi connectivity index (χ0v) is 19.1. The summed E-state index contributed by atoms with van der Waals surface area (Å²) >= 11 is 0. The summed E-state index contributed by atoms with van der Waals surface area (Å²) in [5, 5.41) is 11.3. The van der Waals surface area contributed by atoms with Crippen molar-refractivity contribution in [1.29, 1.82) is 0 Å². The molecule has 8 nitrogen and oxygen atoms in total. The van der Waals surface area contributed by atoms with Crippen LogP contribution in [0.5, 0.6) is 5.75 Å². The minimum absolute atomic E-state index is 0.146. The molecule has 0 spiro atoms. The average Bonchev–Trinajstić information content (AvgIpc) is 2.83. The normalized spacial score (nSPS) is 14.7. The van der Waals surface area contributed by atoms with E-state index in [0.717, 1.165) is 21.6 Å². The molecule has 35 heavy (non-hydrogen) atoms. The van der Waals surface area contributed by atoms with Crippen LogP contribution in [0.3, 0.4) is 0 Å². The number of imide groups is 2. The standard InChI is InChI=1S/C27H22N2O6/c1-16-7-12-21(13-17(16)2)29-25(31)22(24(30)28-27(29)34)14-20-5-3-4-6-23(20)35-15-18-8-10-19(11-9-18)26(32)33/h3-14H,15H2,1-2H3,(H,32,33)(H,28,30,34)/b22-14+. The smallest absolute Gasteiger partial charge is 0.335 e. The van der Waals surface area contributed by atoms with Crippen molar-refractivity contribution >= 4 is 35.6 Å². The van der Waals surface area contributed by atoms with Crippen LogP contribution in [0.4, 0.5) is 10.5 Å². The summed E-state index contributed by atoms with van der Waals surface area (Å²) in [5.74, 6) is -2.13. The van der Waals surface area contributed by atoms with E-state index in [1.165, 1.54) is 18.2 Å². The lowest BCUT2D eigenvalue weighted by Gasteiger charge is -2.27. The second kappa shape index (κ2) is 9.64. The molecule has 8 heteroatoms. The van der Waals surface area contributed by atoms with E-state index < -0.39 is 23.8 Å². The van der Waals surface area contributed by atoms with Crippen molar-refractivity contribution in [2.75, 3.05) is 4.90 Å². The van der Waals surface area contributed by atoms with E-state index in [-0.39, 0.29) is 17.7 Å². The van der Waals surface area contributed by atoms with Crippen LogP contribution in [0.25, 0.3) is 6.08 Å². The van der Waals surface area contributed by atoms with Crippen LogP contribution >= 0.6 is 0 Å². The summed E-state index contributed by atoms with van der Waals surface area (Å²) in [6.07, 6.45) is 1.39. The number of carboxylic acid groups (broad SMARTS) is 1. The van der Waals surface area contributed by atoms with Gasteiger partial charge in [-0.05, 0) is 66.9 Å². The predicted molar refractivity (Wildman–Crippen MR) is 129 cm³/mol. The van der Waals surface area contributed by atoms with Gasteiger partial charge in [0.05, 0.1) is 11.3 Å². The molecule has 1 aliphatic heterocycles. The second-order valence-corrected chi connectivity index (χ2v) is 8.05. The van der Waals surface area contributed by atoms with E-state index in [0.29, 0.717) is 17.0 Å². The number of benzene rings is 3. The molecule has 176 valence electrons. The van der Waals surface area contributed by atoms with Gasteiger partial charge in [-0.2, -0.15) is 0 Å². The summed E-state index contributed by atoms with van der Waals surface area (Å²) < 4.78 is 5.88. The molecular weight excluding hydrogens is 448 g/mol. The van der Waals surface area contributed by atoms with E-state index >= 15 is 0 Å². The first kappa shape index (κ1) is 23.4. The third-order valence-electron chi connectivity index (χ3n) is 5.66. The number of rotatable bonds is 6. The Morgan fingerprint density at radius 3 is 2.37 bits per heavy atom. The lowest BCUT2D eigenvalue weighted by atomic mass is 10.0. The minimum Gasteiger partial charge on any atom is -0.488 e. The molecule has 4 amide bonds. The van der Waals surface area contributed by atoms with Gasteiger partial charge in [-0.3, -0.25) is 14.9 Å². The number of para-hydroxylation sites is 1. The largest absolute Gasteiger partial charge is 0.488 e. The topological polar surface area (TPSA) is 113 Å². The maximum absolute atomic E-state index is 13.2. The van der Waals surface area contributed by atoms with Crippen molar-refractivity contribution in [2.24, 2.45) is 0 Å². The Morgan fingerprint density at radius 2 is 1.69 bits per heavy atom. The highest BCUT2D eigenvalue weighted by Crippen LogP contribution is 2.27. The number of urea groups is 1. The molecule has 4 rings (SSSR count). The minimum atomic E-state index is -1.02. The third kappa shape index (κ3) is 4.96. The number of nitrogens with zero attached hydrogens (tertiary/aromatic N) is 1. The van der Waals surface area contributed by atoms with Crippen LogP contribution in [0.2, 0.25) is 0 Å². The van der Waals surface area contributed by atoms with Crippen molar-refractivity contribution in [3.8, 4) is 5.75 Å². The van der Waals surface area contributed by atoms with Gasteiger partial charge in [-0.15, -0.1) is 0 Å². The third-order valence-corrected chi connectivity index (χ3v) is 5.66. The van der Waals surface area contributed by atoms with Gasteiger partial charge in [-0.25, -0.2) is 14.5 Å². The number of carboxylic acids is 1. The predicted octanol–water partition coefficient (Wildman–Crippen LogP) is 4.25. The number of nitrogens with one attached hydrogen (secondary N) is 1. The van der Waals surface area contributed by atoms with Gasteiger partial charge in [0.1, 0.15) is 17.9 Å². The summed E-state index contributed by atoms with van der Waals surface area (Å²) in [4.78, 5) is 50.2. The first-order valence-corrected chi connectivity index (χ1v) is 10.8. The number of aromatic carboxylic acids is 1. The van der Waals surface area contributed by atoms with Crippen LogP contribution in [0, 0.1) is 13.8 Å². The molecule has 0 saturated carbocycles. The monoisotopic (exact) mass is 470 g/mol. The molecule has 1 fully saturated rings. The fourth-order valence-corrected chi connectivity index (χ4v) is 3.55. The Hall–Kier alpha value is -4.72. The highest BCUT2D eigenvalue weighted by molar-refractivity contribution is 6.39.